The second kappa shape index (κ2) is 7.60. The number of aromatic nitrogens is 2. The molecule has 5 nitrogen and oxygen atoms in total. The number of carbonyl (C=O) groups is 1. The van der Waals surface area contributed by atoms with E-state index in [1.54, 1.807) is 31.1 Å². The summed E-state index contributed by atoms with van der Waals surface area (Å²) >= 11 is 2.91. The Balaban J connectivity index is 1.81. The van der Waals surface area contributed by atoms with Gasteiger partial charge in [0, 0.05) is 17.9 Å². The number of nitrogens with two attached hydrogens (primary N) is 1. The Bertz CT molecular complexity index is 925. The molecule has 2 N–H and O–H groups in total. The van der Waals surface area contributed by atoms with Gasteiger partial charge in [-0.3, -0.25) is 9.78 Å². The van der Waals surface area contributed by atoms with Gasteiger partial charge < -0.3 is 5.73 Å². The molecule has 7 heteroatoms. The van der Waals surface area contributed by atoms with Crippen LogP contribution in [-0.2, 0) is 12.0 Å². The summed E-state index contributed by atoms with van der Waals surface area (Å²) in [5, 5.41) is 1.44. The number of carbonyl (C=O) groups excluding carboxylic acids is 1. The zero-order chi connectivity index (χ0) is 18.7. The first kappa shape index (κ1) is 18.6. The van der Waals surface area contributed by atoms with Crippen LogP contribution in [0, 0.1) is 11.8 Å². The first-order chi connectivity index (χ1) is 12.4. The number of hydrogen-bond acceptors (Lipinski definition) is 7. The Hall–Kier alpha value is -2.17. The van der Waals surface area contributed by atoms with E-state index in [9.17, 15) is 4.79 Å². The number of thioether (sulfide) groups is 1. The van der Waals surface area contributed by atoms with E-state index in [0.29, 0.717) is 15.4 Å². The zero-order valence-corrected chi connectivity index (χ0v) is 16.6. The Morgan fingerprint density at radius 1 is 1.46 bits per heavy atom. The van der Waals surface area contributed by atoms with E-state index in [4.69, 9.17) is 5.73 Å². The number of amidine groups is 1. The number of nitrogens with zero attached hydrogens (tertiary/aromatic N) is 3. The van der Waals surface area contributed by atoms with Crippen molar-refractivity contribution in [2.45, 2.75) is 44.4 Å². The standard InChI is InChI=1S/C19H20N4OS2/c1-4-5-14-11-22-17(26-14)15(24)8-13-6-7-21-16(9-13)19(3)10-12(2)25-18(20)23-19/h6-7,9,11-12H,8,10H2,1-3H3,(H2,20,23)/t12-,19+/m1/s1. The molecule has 0 aromatic carbocycles. The molecule has 3 rings (SSSR count). The highest BCUT2D eigenvalue weighted by molar-refractivity contribution is 8.14. The van der Waals surface area contributed by atoms with Gasteiger partial charge in [-0.1, -0.05) is 24.6 Å². The minimum absolute atomic E-state index is 0.0166. The SMILES string of the molecule is CC#Cc1cnc(C(=O)Cc2ccnc([C@]3(C)C[C@@H](C)SC(N)=N3)c2)s1. The number of Topliss-reactive ketones (excluding diaryl/α,β-unsaturated/α-hetero) is 1. The van der Waals surface area contributed by atoms with Gasteiger partial charge in [-0.15, -0.1) is 17.3 Å². The third kappa shape index (κ3) is 4.14. The molecule has 0 aliphatic carbocycles. The number of rotatable bonds is 4. The fraction of sp³-hybridized carbons (Fsp3) is 0.368. The Kier molecular flexibility index (Phi) is 5.44. The Morgan fingerprint density at radius 2 is 2.27 bits per heavy atom. The van der Waals surface area contributed by atoms with Crippen molar-refractivity contribution in [2.24, 2.45) is 10.7 Å². The van der Waals surface area contributed by atoms with Crippen LogP contribution in [-0.4, -0.2) is 26.2 Å². The van der Waals surface area contributed by atoms with Gasteiger partial charge in [-0.05, 0) is 38.0 Å². The molecule has 0 amide bonds. The van der Waals surface area contributed by atoms with Gasteiger partial charge in [0.2, 0.25) is 0 Å². The van der Waals surface area contributed by atoms with E-state index < -0.39 is 5.54 Å². The molecule has 0 spiro atoms. The van der Waals surface area contributed by atoms with Gasteiger partial charge >= 0.3 is 0 Å². The quantitative estimate of drug-likeness (QED) is 0.645. The minimum atomic E-state index is -0.459. The largest absolute Gasteiger partial charge is 0.379 e. The normalized spacial score (nSPS) is 22.3. The lowest BCUT2D eigenvalue weighted by atomic mass is 9.90. The lowest BCUT2D eigenvalue weighted by molar-refractivity contribution is 0.0992. The first-order valence-corrected chi connectivity index (χ1v) is 9.98. The maximum Gasteiger partial charge on any atom is 0.195 e. The van der Waals surface area contributed by atoms with Gasteiger partial charge in [0.15, 0.2) is 16.0 Å². The summed E-state index contributed by atoms with van der Waals surface area (Å²) in [7, 11) is 0. The molecule has 3 heterocycles. The van der Waals surface area contributed by atoms with Crippen molar-refractivity contribution in [2.75, 3.05) is 0 Å². The maximum atomic E-state index is 12.5. The lowest BCUT2D eigenvalue weighted by Gasteiger charge is -2.32. The monoisotopic (exact) mass is 384 g/mol. The topological polar surface area (TPSA) is 81.2 Å². The molecule has 0 radical (unpaired) electrons. The number of hydrogen-bond donors (Lipinski definition) is 1. The van der Waals surface area contributed by atoms with Crippen molar-refractivity contribution in [3.63, 3.8) is 0 Å². The molecule has 1 aliphatic heterocycles. The molecular weight excluding hydrogens is 364 g/mol. The fourth-order valence-electron chi connectivity index (χ4n) is 3.01. The highest BCUT2D eigenvalue weighted by Gasteiger charge is 2.34. The Morgan fingerprint density at radius 3 is 3.00 bits per heavy atom. The summed E-state index contributed by atoms with van der Waals surface area (Å²) in [6.07, 6.45) is 4.51. The predicted molar refractivity (Wildman–Crippen MR) is 108 cm³/mol. The Labute approximate surface area is 161 Å². The smallest absolute Gasteiger partial charge is 0.195 e. The van der Waals surface area contributed by atoms with Crippen molar-refractivity contribution in [1.29, 1.82) is 0 Å². The summed E-state index contributed by atoms with van der Waals surface area (Å²) in [4.78, 5) is 26.6. The van der Waals surface area contributed by atoms with Crippen LogP contribution in [0.25, 0.3) is 0 Å². The zero-order valence-electron chi connectivity index (χ0n) is 14.9. The van der Waals surface area contributed by atoms with Crippen LogP contribution in [0.3, 0.4) is 0 Å². The molecule has 0 saturated heterocycles. The second-order valence-electron chi connectivity index (χ2n) is 6.41. The molecule has 2 aromatic heterocycles. The predicted octanol–water partition coefficient (Wildman–Crippen LogP) is 3.39. The van der Waals surface area contributed by atoms with E-state index in [1.165, 1.54) is 11.3 Å². The van der Waals surface area contributed by atoms with E-state index in [0.717, 1.165) is 22.6 Å². The van der Waals surface area contributed by atoms with Gasteiger partial charge in [-0.25, -0.2) is 9.98 Å². The third-order valence-electron chi connectivity index (χ3n) is 4.10. The number of aliphatic imine (C=N–C) groups is 1. The number of thiazole rings is 1. The highest BCUT2D eigenvalue weighted by atomic mass is 32.2. The van der Waals surface area contributed by atoms with Crippen molar-refractivity contribution in [3.05, 3.63) is 45.7 Å². The van der Waals surface area contributed by atoms with Gasteiger partial charge in [0.05, 0.1) is 16.8 Å². The molecule has 0 bridgehead atoms. The van der Waals surface area contributed by atoms with Crippen LogP contribution >= 0.6 is 23.1 Å². The van der Waals surface area contributed by atoms with Crippen molar-refractivity contribution in [3.8, 4) is 11.8 Å². The van der Waals surface area contributed by atoms with E-state index in [2.05, 4.69) is 33.7 Å². The first-order valence-electron chi connectivity index (χ1n) is 8.29. The van der Waals surface area contributed by atoms with E-state index in [1.807, 2.05) is 19.1 Å². The summed E-state index contributed by atoms with van der Waals surface area (Å²) in [6, 6.07) is 3.82. The van der Waals surface area contributed by atoms with Crippen LogP contribution < -0.4 is 5.73 Å². The number of ketones is 1. The van der Waals surface area contributed by atoms with E-state index >= 15 is 0 Å². The van der Waals surface area contributed by atoms with Gasteiger partial charge in [0.25, 0.3) is 0 Å². The van der Waals surface area contributed by atoms with Crippen LogP contribution in [0.2, 0.25) is 0 Å². The van der Waals surface area contributed by atoms with Crippen LogP contribution in [0.15, 0.2) is 29.5 Å². The fourth-order valence-corrected chi connectivity index (χ4v) is 4.84. The van der Waals surface area contributed by atoms with Gasteiger partial charge in [-0.2, -0.15) is 0 Å². The average molecular weight is 385 g/mol. The summed E-state index contributed by atoms with van der Waals surface area (Å²) < 4.78 is 0. The molecule has 0 fully saturated rings. The molecule has 1 aliphatic rings. The molecule has 26 heavy (non-hydrogen) atoms. The molecule has 0 unspecified atom stereocenters. The van der Waals surface area contributed by atoms with Crippen molar-refractivity contribution >= 4 is 34.0 Å². The lowest BCUT2D eigenvalue weighted by Crippen LogP contribution is -2.33. The average Bonchev–Trinajstić information content (AvgIpc) is 3.03. The van der Waals surface area contributed by atoms with Crippen LogP contribution in [0.5, 0.6) is 0 Å². The summed E-state index contributed by atoms with van der Waals surface area (Å²) in [5.74, 6) is 5.73. The molecular formula is C19H20N4OS2. The highest BCUT2D eigenvalue weighted by Crippen LogP contribution is 2.38. The summed E-state index contributed by atoms with van der Waals surface area (Å²) in [6.45, 7) is 5.94. The summed E-state index contributed by atoms with van der Waals surface area (Å²) in [5.41, 5.74) is 7.26. The van der Waals surface area contributed by atoms with Crippen LogP contribution in [0.4, 0.5) is 0 Å². The minimum Gasteiger partial charge on any atom is -0.379 e. The molecule has 0 saturated carbocycles. The number of pyridine rings is 1. The maximum absolute atomic E-state index is 12.5. The van der Waals surface area contributed by atoms with Crippen LogP contribution in [0.1, 0.15) is 53.1 Å². The van der Waals surface area contributed by atoms with Gasteiger partial charge in [0.1, 0.15) is 5.54 Å². The molecule has 2 aromatic rings. The molecule has 134 valence electrons. The third-order valence-corrected chi connectivity index (χ3v) is 5.95. The van der Waals surface area contributed by atoms with E-state index in [-0.39, 0.29) is 12.2 Å². The van der Waals surface area contributed by atoms with Crippen molar-refractivity contribution in [1.82, 2.24) is 9.97 Å². The second-order valence-corrected chi connectivity index (χ2v) is 8.90. The van der Waals surface area contributed by atoms with Crippen molar-refractivity contribution < 1.29 is 4.79 Å². The molecule has 2 atom stereocenters.